The third-order valence-electron chi connectivity index (χ3n) is 2.64. The van der Waals surface area contributed by atoms with Gasteiger partial charge in [-0.25, -0.2) is 4.39 Å². The van der Waals surface area contributed by atoms with Crippen LogP contribution >= 0.6 is 11.6 Å². The van der Waals surface area contributed by atoms with Crippen molar-refractivity contribution >= 4 is 23.5 Å². The maximum Gasteiger partial charge on any atom is 0.307 e. The van der Waals surface area contributed by atoms with Gasteiger partial charge in [0.1, 0.15) is 5.82 Å². The van der Waals surface area contributed by atoms with Gasteiger partial charge in [0.2, 0.25) is 0 Å². The van der Waals surface area contributed by atoms with Gasteiger partial charge in [0.15, 0.2) is 0 Å². The summed E-state index contributed by atoms with van der Waals surface area (Å²) in [6, 6.07) is 3.59. The molecule has 1 aromatic carbocycles. The Morgan fingerprint density at radius 2 is 2.11 bits per heavy atom. The van der Waals surface area contributed by atoms with Crippen LogP contribution in [0.2, 0.25) is 5.02 Å². The number of benzene rings is 1. The van der Waals surface area contributed by atoms with E-state index in [1.54, 1.807) is 6.92 Å². The highest BCUT2D eigenvalue weighted by molar-refractivity contribution is 6.33. The fourth-order valence-electron chi connectivity index (χ4n) is 1.56. The predicted molar refractivity (Wildman–Crippen MR) is 69.6 cm³/mol. The molecule has 0 aromatic heterocycles. The fraction of sp³-hybridized carbons (Fsp3) is 0.385. The van der Waals surface area contributed by atoms with Crippen molar-refractivity contribution in [2.24, 2.45) is 0 Å². The minimum atomic E-state index is -0.501. The summed E-state index contributed by atoms with van der Waals surface area (Å²) in [5, 5.41) is 0.0570. The van der Waals surface area contributed by atoms with Crippen LogP contribution in [0.25, 0.3) is 0 Å². The van der Waals surface area contributed by atoms with Gasteiger partial charge in [-0.2, -0.15) is 0 Å². The molecule has 6 heteroatoms. The van der Waals surface area contributed by atoms with Crippen LogP contribution in [0, 0.1) is 5.82 Å². The summed E-state index contributed by atoms with van der Waals surface area (Å²) in [5.41, 5.74) is 0.217. The van der Waals surface area contributed by atoms with E-state index in [9.17, 15) is 14.0 Å². The first kappa shape index (κ1) is 15.4. The van der Waals surface area contributed by atoms with Gasteiger partial charge in [-0.05, 0) is 25.1 Å². The maximum atomic E-state index is 12.9. The number of carbonyl (C=O) groups is 2. The van der Waals surface area contributed by atoms with Crippen molar-refractivity contribution in [1.82, 2.24) is 4.90 Å². The van der Waals surface area contributed by atoms with E-state index in [0.717, 1.165) is 6.07 Å². The van der Waals surface area contributed by atoms with Crippen LogP contribution < -0.4 is 0 Å². The number of rotatable bonds is 5. The Morgan fingerprint density at radius 3 is 2.63 bits per heavy atom. The lowest BCUT2D eigenvalue weighted by atomic mass is 10.2. The molecule has 1 aromatic rings. The maximum absolute atomic E-state index is 12.9. The molecule has 0 aliphatic rings. The molecule has 0 aliphatic carbocycles. The predicted octanol–water partition coefficient (Wildman–Crippen LogP) is 2.50. The summed E-state index contributed by atoms with van der Waals surface area (Å²) in [4.78, 5) is 24.7. The largest absolute Gasteiger partial charge is 0.469 e. The average Bonchev–Trinajstić information content (AvgIpc) is 2.38. The first-order valence-electron chi connectivity index (χ1n) is 5.80. The van der Waals surface area contributed by atoms with Crippen molar-refractivity contribution in [2.75, 3.05) is 20.2 Å². The van der Waals surface area contributed by atoms with Crippen molar-refractivity contribution < 1.29 is 18.7 Å². The van der Waals surface area contributed by atoms with Crippen LogP contribution in [0.3, 0.4) is 0 Å². The smallest absolute Gasteiger partial charge is 0.307 e. The lowest BCUT2D eigenvalue weighted by molar-refractivity contribution is -0.140. The molecule has 0 saturated carbocycles. The second-order valence-corrected chi connectivity index (χ2v) is 4.24. The molecule has 0 atom stereocenters. The van der Waals surface area contributed by atoms with Gasteiger partial charge in [0, 0.05) is 13.1 Å². The highest BCUT2D eigenvalue weighted by Gasteiger charge is 2.18. The molecule has 0 heterocycles. The molecule has 4 nitrogen and oxygen atoms in total. The second-order valence-electron chi connectivity index (χ2n) is 3.84. The van der Waals surface area contributed by atoms with E-state index in [1.807, 2.05) is 0 Å². The van der Waals surface area contributed by atoms with Crippen LogP contribution in [0.15, 0.2) is 18.2 Å². The van der Waals surface area contributed by atoms with Crippen molar-refractivity contribution in [3.05, 3.63) is 34.6 Å². The molecule has 104 valence electrons. The van der Waals surface area contributed by atoms with Crippen LogP contribution in [-0.4, -0.2) is 37.0 Å². The monoisotopic (exact) mass is 287 g/mol. The van der Waals surface area contributed by atoms with Crippen LogP contribution in [0.4, 0.5) is 4.39 Å². The molecule has 0 fully saturated rings. The summed E-state index contributed by atoms with van der Waals surface area (Å²) in [5.74, 6) is -1.23. The second kappa shape index (κ2) is 7.09. The van der Waals surface area contributed by atoms with Crippen LogP contribution in [0.5, 0.6) is 0 Å². The van der Waals surface area contributed by atoms with E-state index in [4.69, 9.17) is 11.6 Å². The minimum absolute atomic E-state index is 0.0570. The minimum Gasteiger partial charge on any atom is -0.469 e. The van der Waals surface area contributed by atoms with Crippen LogP contribution in [0.1, 0.15) is 23.7 Å². The SMILES string of the molecule is CCN(CCC(=O)OC)C(=O)c1ccc(F)cc1Cl. The zero-order chi connectivity index (χ0) is 14.4. The van der Waals surface area contributed by atoms with E-state index in [2.05, 4.69) is 4.74 Å². The summed E-state index contributed by atoms with van der Waals surface area (Å²) >= 11 is 5.84. The third-order valence-corrected chi connectivity index (χ3v) is 2.96. The number of ether oxygens (including phenoxy) is 1. The van der Waals surface area contributed by atoms with Crippen molar-refractivity contribution in [1.29, 1.82) is 0 Å². The summed E-state index contributed by atoms with van der Waals surface area (Å²) in [7, 11) is 1.29. The zero-order valence-corrected chi connectivity index (χ0v) is 11.5. The molecule has 0 spiro atoms. The van der Waals surface area contributed by atoms with Crippen molar-refractivity contribution in [3.63, 3.8) is 0 Å². The lowest BCUT2D eigenvalue weighted by Gasteiger charge is -2.20. The third kappa shape index (κ3) is 4.21. The lowest BCUT2D eigenvalue weighted by Crippen LogP contribution is -2.33. The van der Waals surface area contributed by atoms with E-state index in [-0.39, 0.29) is 29.5 Å². The van der Waals surface area contributed by atoms with Crippen molar-refractivity contribution in [2.45, 2.75) is 13.3 Å². The number of esters is 1. The Morgan fingerprint density at radius 1 is 1.42 bits per heavy atom. The number of amides is 1. The molecule has 0 unspecified atom stereocenters. The first-order valence-corrected chi connectivity index (χ1v) is 6.18. The molecule has 0 saturated heterocycles. The summed E-state index contributed by atoms with van der Waals surface area (Å²) in [6.07, 6.45) is 0.106. The van der Waals surface area contributed by atoms with Gasteiger partial charge in [0.25, 0.3) is 5.91 Å². The standard InChI is InChI=1S/C13H15ClFNO3/c1-3-16(7-6-12(17)19-2)13(18)10-5-4-9(15)8-11(10)14/h4-5,8H,3,6-7H2,1-2H3. The topological polar surface area (TPSA) is 46.6 Å². The number of methoxy groups -OCH3 is 1. The molecule has 1 rings (SSSR count). The van der Waals surface area contributed by atoms with E-state index in [1.165, 1.54) is 24.1 Å². The molecule has 19 heavy (non-hydrogen) atoms. The first-order chi connectivity index (χ1) is 8.99. The average molecular weight is 288 g/mol. The molecule has 0 radical (unpaired) electrons. The molecular formula is C13H15ClFNO3. The Labute approximate surface area is 116 Å². The Balaban J connectivity index is 2.80. The number of hydrogen-bond donors (Lipinski definition) is 0. The van der Waals surface area contributed by atoms with Gasteiger partial charge in [0.05, 0.1) is 24.1 Å². The summed E-state index contributed by atoms with van der Waals surface area (Å²) < 4.78 is 17.4. The molecule has 0 bridgehead atoms. The van der Waals surface area contributed by atoms with Crippen molar-refractivity contribution in [3.8, 4) is 0 Å². The highest BCUT2D eigenvalue weighted by Crippen LogP contribution is 2.19. The molecule has 0 N–H and O–H groups in total. The fourth-order valence-corrected chi connectivity index (χ4v) is 1.81. The van der Waals surface area contributed by atoms with Gasteiger partial charge in [-0.15, -0.1) is 0 Å². The number of halogens is 2. The highest BCUT2D eigenvalue weighted by atomic mass is 35.5. The van der Waals surface area contributed by atoms with Gasteiger partial charge < -0.3 is 9.64 Å². The normalized spacial score (nSPS) is 10.1. The zero-order valence-electron chi connectivity index (χ0n) is 10.8. The van der Waals surface area contributed by atoms with E-state index in [0.29, 0.717) is 6.54 Å². The molecular weight excluding hydrogens is 273 g/mol. The Hall–Kier alpha value is -1.62. The van der Waals surface area contributed by atoms with Gasteiger partial charge in [-0.3, -0.25) is 9.59 Å². The number of hydrogen-bond acceptors (Lipinski definition) is 3. The Bertz CT molecular complexity index is 479. The van der Waals surface area contributed by atoms with E-state index < -0.39 is 11.8 Å². The van der Waals surface area contributed by atoms with Gasteiger partial charge in [-0.1, -0.05) is 11.6 Å². The van der Waals surface area contributed by atoms with E-state index >= 15 is 0 Å². The molecule has 0 aliphatic heterocycles. The Kier molecular flexibility index (Phi) is 5.76. The number of nitrogens with zero attached hydrogens (tertiary/aromatic N) is 1. The van der Waals surface area contributed by atoms with Gasteiger partial charge >= 0.3 is 5.97 Å². The van der Waals surface area contributed by atoms with Crippen LogP contribution in [-0.2, 0) is 9.53 Å². The summed E-state index contributed by atoms with van der Waals surface area (Å²) in [6.45, 7) is 2.44. The quantitative estimate of drug-likeness (QED) is 0.782. The molecule has 1 amide bonds. The number of carbonyl (C=O) groups excluding carboxylic acids is 2.